The molecule has 0 aliphatic carbocycles. The van der Waals surface area contributed by atoms with Crippen LogP contribution in [-0.4, -0.2) is 35.0 Å². The Labute approximate surface area is 81.6 Å². The fourth-order valence-corrected chi connectivity index (χ4v) is 1.36. The molecule has 0 saturated carbocycles. The topological polar surface area (TPSA) is 53.4 Å². The molecular weight excluding hydrogens is 184 g/mol. The van der Waals surface area contributed by atoms with Gasteiger partial charge in [0.15, 0.2) is 0 Å². The lowest BCUT2D eigenvalue weighted by atomic mass is 10.2. The molecule has 76 valence electrons. The van der Waals surface area contributed by atoms with Crippen molar-refractivity contribution in [3.8, 4) is 0 Å². The minimum absolute atomic E-state index is 0.0151. The van der Waals surface area contributed by atoms with Gasteiger partial charge in [0.25, 0.3) is 0 Å². The number of hydrogen-bond acceptors (Lipinski definition) is 4. The first-order valence-corrected chi connectivity index (χ1v) is 4.63. The lowest BCUT2D eigenvalue weighted by Crippen LogP contribution is -2.27. The summed E-state index contributed by atoms with van der Waals surface area (Å²) in [7, 11) is 0. The van der Waals surface area contributed by atoms with Crippen molar-refractivity contribution in [3.05, 3.63) is 18.7 Å². The SMILES string of the molecule is O=C(OC1CCOCC1)n1ccnc1. The molecule has 1 saturated heterocycles. The Kier molecular flexibility index (Phi) is 2.78. The lowest BCUT2D eigenvalue weighted by molar-refractivity contribution is 0.00200. The van der Waals surface area contributed by atoms with E-state index in [2.05, 4.69) is 4.98 Å². The highest BCUT2D eigenvalue weighted by Crippen LogP contribution is 2.11. The molecule has 14 heavy (non-hydrogen) atoms. The standard InChI is InChI=1S/C9H12N2O3/c12-9(11-4-3-10-7-11)14-8-1-5-13-6-2-8/h3-4,7-8H,1-2,5-6H2. The highest BCUT2D eigenvalue weighted by Gasteiger charge is 2.18. The van der Waals surface area contributed by atoms with Gasteiger partial charge in [-0.1, -0.05) is 0 Å². The quantitative estimate of drug-likeness (QED) is 0.673. The summed E-state index contributed by atoms with van der Waals surface area (Å²) in [6, 6.07) is 0. The first-order chi connectivity index (χ1) is 6.86. The molecule has 1 aliphatic heterocycles. The van der Waals surface area contributed by atoms with Gasteiger partial charge >= 0.3 is 6.09 Å². The molecule has 1 aromatic heterocycles. The number of aromatic nitrogens is 2. The molecule has 2 rings (SSSR count). The molecule has 2 heterocycles. The number of ether oxygens (including phenoxy) is 2. The molecule has 1 fully saturated rings. The van der Waals surface area contributed by atoms with E-state index < -0.39 is 0 Å². The highest BCUT2D eigenvalue weighted by molar-refractivity contribution is 5.70. The largest absolute Gasteiger partial charge is 0.445 e. The van der Waals surface area contributed by atoms with Crippen LogP contribution in [0.25, 0.3) is 0 Å². The molecule has 0 amide bonds. The monoisotopic (exact) mass is 196 g/mol. The summed E-state index contributed by atoms with van der Waals surface area (Å²) in [5, 5.41) is 0. The van der Waals surface area contributed by atoms with E-state index in [-0.39, 0.29) is 12.2 Å². The third-order valence-corrected chi connectivity index (χ3v) is 2.15. The van der Waals surface area contributed by atoms with E-state index in [1.807, 2.05) is 0 Å². The first kappa shape index (κ1) is 9.21. The zero-order valence-electron chi connectivity index (χ0n) is 7.76. The van der Waals surface area contributed by atoms with Crippen molar-refractivity contribution >= 4 is 6.09 Å². The predicted molar refractivity (Wildman–Crippen MR) is 47.9 cm³/mol. The maximum absolute atomic E-state index is 11.4. The summed E-state index contributed by atoms with van der Waals surface area (Å²) in [5.41, 5.74) is 0. The van der Waals surface area contributed by atoms with E-state index in [1.165, 1.54) is 10.9 Å². The molecule has 1 aromatic rings. The van der Waals surface area contributed by atoms with Crippen LogP contribution < -0.4 is 0 Å². The van der Waals surface area contributed by atoms with E-state index in [1.54, 1.807) is 12.4 Å². The Bertz CT molecular complexity index is 291. The van der Waals surface area contributed by atoms with Crippen LogP contribution >= 0.6 is 0 Å². The Morgan fingerprint density at radius 3 is 2.93 bits per heavy atom. The Hall–Kier alpha value is -1.36. The normalized spacial score (nSPS) is 18.0. The molecule has 0 aromatic carbocycles. The molecule has 5 nitrogen and oxygen atoms in total. The Morgan fingerprint density at radius 2 is 2.29 bits per heavy atom. The van der Waals surface area contributed by atoms with Crippen LogP contribution in [-0.2, 0) is 9.47 Å². The fraction of sp³-hybridized carbons (Fsp3) is 0.556. The summed E-state index contributed by atoms with van der Waals surface area (Å²) in [6.07, 6.45) is 5.73. The third kappa shape index (κ3) is 2.11. The van der Waals surface area contributed by atoms with Gasteiger partial charge in [-0.2, -0.15) is 0 Å². The van der Waals surface area contributed by atoms with Crippen LogP contribution in [0.5, 0.6) is 0 Å². The van der Waals surface area contributed by atoms with Crippen molar-refractivity contribution in [2.24, 2.45) is 0 Å². The number of hydrogen-bond donors (Lipinski definition) is 0. The number of nitrogens with zero attached hydrogens (tertiary/aromatic N) is 2. The molecular formula is C9H12N2O3. The van der Waals surface area contributed by atoms with Gasteiger partial charge in [-0.15, -0.1) is 0 Å². The predicted octanol–water partition coefficient (Wildman–Crippen LogP) is 1.05. The maximum Gasteiger partial charge on any atom is 0.419 e. The highest BCUT2D eigenvalue weighted by atomic mass is 16.6. The first-order valence-electron chi connectivity index (χ1n) is 4.63. The van der Waals surface area contributed by atoms with Gasteiger partial charge < -0.3 is 9.47 Å². The molecule has 0 unspecified atom stereocenters. The molecule has 0 spiro atoms. The van der Waals surface area contributed by atoms with Crippen LogP contribution in [0.4, 0.5) is 4.79 Å². The van der Waals surface area contributed by atoms with Crippen LogP contribution in [0.2, 0.25) is 0 Å². The second-order valence-electron chi connectivity index (χ2n) is 3.17. The number of carbonyl (C=O) groups is 1. The van der Waals surface area contributed by atoms with Crippen LogP contribution in [0.15, 0.2) is 18.7 Å². The fourth-order valence-electron chi connectivity index (χ4n) is 1.36. The molecule has 1 aliphatic rings. The van der Waals surface area contributed by atoms with E-state index >= 15 is 0 Å². The van der Waals surface area contributed by atoms with Gasteiger partial charge in [0.2, 0.25) is 0 Å². The van der Waals surface area contributed by atoms with Gasteiger partial charge in [-0.25, -0.2) is 14.3 Å². The van der Waals surface area contributed by atoms with Crippen LogP contribution in [0.1, 0.15) is 12.8 Å². The van der Waals surface area contributed by atoms with Gasteiger partial charge in [-0.05, 0) is 0 Å². The van der Waals surface area contributed by atoms with E-state index in [0.717, 1.165) is 12.8 Å². The van der Waals surface area contributed by atoms with Gasteiger partial charge in [0.05, 0.1) is 13.2 Å². The van der Waals surface area contributed by atoms with Crippen molar-refractivity contribution in [1.82, 2.24) is 9.55 Å². The van der Waals surface area contributed by atoms with Crippen LogP contribution in [0.3, 0.4) is 0 Å². The summed E-state index contributed by atoms with van der Waals surface area (Å²) >= 11 is 0. The molecule has 0 N–H and O–H groups in total. The van der Waals surface area contributed by atoms with E-state index in [0.29, 0.717) is 13.2 Å². The minimum Gasteiger partial charge on any atom is -0.445 e. The Balaban J connectivity index is 1.87. The van der Waals surface area contributed by atoms with Gasteiger partial charge in [0.1, 0.15) is 12.4 Å². The van der Waals surface area contributed by atoms with Crippen molar-refractivity contribution in [1.29, 1.82) is 0 Å². The molecule has 0 radical (unpaired) electrons. The zero-order chi connectivity index (χ0) is 9.80. The van der Waals surface area contributed by atoms with Crippen molar-refractivity contribution in [2.75, 3.05) is 13.2 Å². The zero-order valence-corrected chi connectivity index (χ0v) is 7.76. The third-order valence-electron chi connectivity index (χ3n) is 2.15. The summed E-state index contributed by atoms with van der Waals surface area (Å²) in [5.74, 6) is 0. The number of imidazole rings is 1. The van der Waals surface area contributed by atoms with Crippen molar-refractivity contribution in [2.45, 2.75) is 18.9 Å². The van der Waals surface area contributed by atoms with Crippen molar-refractivity contribution < 1.29 is 14.3 Å². The van der Waals surface area contributed by atoms with Gasteiger partial charge in [0, 0.05) is 25.2 Å². The van der Waals surface area contributed by atoms with Gasteiger partial charge in [-0.3, -0.25) is 0 Å². The summed E-state index contributed by atoms with van der Waals surface area (Å²) in [4.78, 5) is 15.2. The van der Waals surface area contributed by atoms with E-state index in [4.69, 9.17) is 9.47 Å². The average molecular weight is 196 g/mol. The van der Waals surface area contributed by atoms with Crippen LogP contribution in [0, 0.1) is 0 Å². The second kappa shape index (κ2) is 4.23. The lowest BCUT2D eigenvalue weighted by Gasteiger charge is -2.21. The molecule has 0 atom stereocenters. The summed E-state index contributed by atoms with van der Waals surface area (Å²) < 4.78 is 11.7. The molecule has 0 bridgehead atoms. The summed E-state index contributed by atoms with van der Waals surface area (Å²) in [6.45, 7) is 1.34. The maximum atomic E-state index is 11.4. The second-order valence-corrected chi connectivity index (χ2v) is 3.17. The molecule has 5 heteroatoms. The average Bonchev–Trinajstić information content (AvgIpc) is 2.72. The minimum atomic E-state index is -0.366. The number of carbonyl (C=O) groups excluding carboxylic acids is 1. The van der Waals surface area contributed by atoms with E-state index in [9.17, 15) is 4.79 Å². The Morgan fingerprint density at radius 1 is 1.50 bits per heavy atom. The number of rotatable bonds is 1. The van der Waals surface area contributed by atoms with Crippen molar-refractivity contribution in [3.63, 3.8) is 0 Å². The smallest absolute Gasteiger partial charge is 0.419 e.